The zero-order chi connectivity index (χ0) is 10.8. The van der Waals surface area contributed by atoms with Crippen molar-refractivity contribution in [3.8, 4) is 0 Å². The smallest absolute Gasteiger partial charge is 0.0396 e. The van der Waals surface area contributed by atoms with Gasteiger partial charge < -0.3 is 10.6 Å². The van der Waals surface area contributed by atoms with Gasteiger partial charge in [-0.05, 0) is 36.5 Å². The van der Waals surface area contributed by atoms with E-state index >= 15 is 0 Å². The average molecular weight is 204 g/mol. The topological polar surface area (TPSA) is 29.3 Å². The summed E-state index contributed by atoms with van der Waals surface area (Å²) in [6.07, 6.45) is 1.32. The first-order chi connectivity index (χ1) is 7.20. The van der Waals surface area contributed by atoms with E-state index in [1.165, 1.54) is 36.3 Å². The lowest BCUT2D eigenvalue weighted by Crippen LogP contribution is -2.20. The minimum Gasteiger partial charge on any atom is -0.371 e. The third kappa shape index (κ3) is 2.15. The van der Waals surface area contributed by atoms with Crippen molar-refractivity contribution in [2.45, 2.75) is 26.8 Å². The SMILES string of the molecule is Cc1cc(CN)ccc1N1CCC(C)C1. The van der Waals surface area contributed by atoms with Gasteiger partial charge >= 0.3 is 0 Å². The number of rotatable bonds is 2. The maximum atomic E-state index is 5.63. The van der Waals surface area contributed by atoms with E-state index in [0.29, 0.717) is 6.54 Å². The van der Waals surface area contributed by atoms with Crippen LogP contribution < -0.4 is 10.6 Å². The molecule has 2 N–H and O–H groups in total. The van der Waals surface area contributed by atoms with Gasteiger partial charge in [-0.2, -0.15) is 0 Å². The number of aryl methyl sites for hydroxylation is 1. The van der Waals surface area contributed by atoms with Gasteiger partial charge in [-0.25, -0.2) is 0 Å². The quantitative estimate of drug-likeness (QED) is 0.801. The molecule has 0 spiro atoms. The van der Waals surface area contributed by atoms with Crippen molar-refractivity contribution in [2.24, 2.45) is 11.7 Å². The molecule has 1 aromatic carbocycles. The number of benzene rings is 1. The van der Waals surface area contributed by atoms with E-state index in [4.69, 9.17) is 5.73 Å². The van der Waals surface area contributed by atoms with Gasteiger partial charge in [-0.3, -0.25) is 0 Å². The molecule has 15 heavy (non-hydrogen) atoms. The van der Waals surface area contributed by atoms with E-state index in [1.54, 1.807) is 0 Å². The summed E-state index contributed by atoms with van der Waals surface area (Å²) in [5.41, 5.74) is 9.60. The molecule has 82 valence electrons. The van der Waals surface area contributed by atoms with Crippen molar-refractivity contribution in [1.29, 1.82) is 0 Å². The molecule has 0 bridgehead atoms. The second-order valence-corrected chi connectivity index (χ2v) is 4.66. The summed E-state index contributed by atoms with van der Waals surface area (Å²) in [7, 11) is 0. The van der Waals surface area contributed by atoms with E-state index in [9.17, 15) is 0 Å². The van der Waals surface area contributed by atoms with Gasteiger partial charge in [0.05, 0.1) is 0 Å². The third-order valence-corrected chi connectivity index (χ3v) is 3.26. The van der Waals surface area contributed by atoms with E-state index in [2.05, 4.69) is 36.9 Å². The lowest BCUT2D eigenvalue weighted by molar-refractivity contribution is 0.659. The van der Waals surface area contributed by atoms with Crippen LogP contribution in [0, 0.1) is 12.8 Å². The Morgan fingerprint density at radius 2 is 2.27 bits per heavy atom. The second kappa shape index (κ2) is 4.23. The monoisotopic (exact) mass is 204 g/mol. The molecule has 1 fully saturated rings. The molecular weight excluding hydrogens is 184 g/mol. The Kier molecular flexibility index (Phi) is 2.96. The molecule has 0 radical (unpaired) electrons. The van der Waals surface area contributed by atoms with Crippen molar-refractivity contribution < 1.29 is 0 Å². The zero-order valence-corrected chi connectivity index (χ0v) is 9.66. The Hall–Kier alpha value is -1.02. The maximum Gasteiger partial charge on any atom is 0.0396 e. The molecule has 1 aliphatic rings. The maximum absolute atomic E-state index is 5.63. The van der Waals surface area contributed by atoms with Crippen LogP contribution in [0.5, 0.6) is 0 Å². The van der Waals surface area contributed by atoms with Gasteiger partial charge in [-0.15, -0.1) is 0 Å². The number of hydrogen-bond donors (Lipinski definition) is 1. The summed E-state index contributed by atoms with van der Waals surface area (Å²) >= 11 is 0. The first-order valence-corrected chi connectivity index (χ1v) is 5.75. The summed E-state index contributed by atoms with van der Waals surface area (Å²) in [6.45, 7) is 7.53. The van der Waals surface area contributed by atoms with Crippen LogP contribution >= 0.6 is 0 Å². The van der Waals surface area contributed by atoms with Crippen LogP contribution in [0.3, 0.4) is 0 Å². The molecule has 2 heteroatoms. The molecule has 0 saturated carbocycles. The van der Waals surface area contributed by atoms with Crippen LogP contribution in [0.4, 0.5) is 5.69 Å². The lowest BCUT2D eigenvalue weighted by atomic mass is 10.1. The highest BCUT2D eigenvalue weighted by atomic mass is 15.1. The molecule has 2 rings (SSSR count). The van der Waals surface area contributed by atoms with E-state index in [1.807, 2.05) is 0 Å². The Bertz CT molecular complexity index is 346. The van der Waals surface area contributed by atoms with E-state index in [-0.39, 0.29) is 0 Å². The van der Waals surface area contributed by atoms with Crippen molar-refractivity contribution in [1.82, 2.24) is 0 Å². The van der Waals surface area contributed by atoms with Crippen molar-refractivity contribution >= 4 is 5.69 Å². The molecule has 1 unspecified atom stereocenters. The van der Waals surface area contributed by atoms with Crippen LogP contribution in [0.1, 0.15) is 24.5 Å². The number of hydrogen-bond acceptors (Lipinski definition) is 2. The summed E-state index contributed by atoms with van der Waals surface area (Å²) in [5.74, 6) is 0.832. The van der Waals surface area contributed by atoms with Gasteiger partial charge in [0, 0.05) is 25.3 Å². The number of nitrogens with two attached hydrogens (primary N) is 1. The molecule has 0 aliphatic carbocycles. The zero-order valence-electron chi connectivity index (χ0n) is 9.66. The Morgan fingerprint density at radius 3 is 2.80 bits per heavy atom. The fraction of sp³-hybridized carbons (Fsp3) is 0.538. The second-order valence-electron chi connectivity index (χ2n) is 4.66. The highest BCUT2D eigenvalue weighted by Crippen LogP contribution is 2.27. The molecule has 1 aliphatic heterocycles. The van der Waals surface area contributed by atoms with Crippen LogP contribution in [0.15, 0.2) is 18.2 Å². The van der Waals surface area contributed by atoms with Crippen LogP contribution in [0.2, 0.25) is 0 Å². The Morgan fingerprint density at radius 1 is 1.47 bits per heavy atom. The molecule has 1 aromatic rings. The summed E-state index contributed by atoms with van der Waals surface area (Å²) in [5, 5.41) is 0. The first-order valence-electron chi connectivity index (χ1n) is 5.75. The fourth-order valence-corrected chi connectivity index (χ4v) is 2.35. The highest BCUT2D eigenvalue weighted by molar-refractivity contribution is 5.55. The Balaban J connectivity index is 2.21. The number of anilines is 1. The van der Waals surface area contributed by atoms with E-state index < -0.39 is 0 Å². The lowest BCUT2D eigenvalue weighted by Gasteiger charge is -2.21. The summed E-state index contributed by atoms with van der Waals surface area (Å²) < 4.78 is 0. The molecule has 0 amide bonds. The van der Waals surface area contributed by atoms with Crippen LogP contribution in [0.25, 0.3) is 0 Å². The van der Waals surface area contributed by atoms with Gasteiger partial charge in [0.2, 0.25) is 0 Å². The fourth-order valence-electron chi connectivity index (χ4n) is 2.35. The van der Waals surface area contributed by atoms with Crippen molar-refractivity contribution in [3.63, 3.8) is 0 Å². The third-order valence-electron chi connectivity index (χ3n) is 3.26. The van der Waals surface area contributed by atoms with E-state index in [0.717, 1.165) is 5.92 Å². The van der Waals surface area contributed by atoms with Gasteiger partial charge in [0.15, 0.2) is 0 Å². The van der Waals surface area contributed by atoms with Gasteiger partial charge in [0.1, 0.15) is 0 Å². The van der Waals surface area contributed by atoms with Gasteiger partial charge in [0.25, 0.3) is 0 Å². The van der Waals surface area contributed by atoms with Crippen molar-refractivity contribution in [3.05, 3.63) is 29.3 Å². The minimum absolute atomic E-state index is 0.636. The molecule has 1 saturated heterocycles. The van der Waals surface area contributed by atoms with Gasteiger partial charge in [-0.1, -0.05) is 19.1 Å². The largest absolute Gasteiger partial charge is 0.371 e. The summed E-state index contributed by atoms with van der Waals surface area (Å²) in [4.78, 5) is 2.49. The first kappa shape index (κ1) is 10.5. The molecule has 0 aromatic heterocycles. The molecular formula is C13H20N2. The molecule has 1 heterocycles. The predicted octanol–water partition coefficient (Wildman–Crippen LogP) is 2.30. The number of nitrogens with zero attached hydrogens (tertiary/aromatic N) is 1. The highest BCUT2D eigenvalue weighted by Gasteiger charge is 2.19. The standard InChI is InChI=1S/C13H20N2/c1-10-5-6-15(9-10)13-4-3-12(8-14)7-11(13)2/h3-4,7,10H,5-6,8-9,14H2,1-2H3. The predicted molar refractivity (Wildman–Crippen MR) is 65.1 cm³/mol. The molecule has 1 atom stereocenters. The minimum atomic E-state index is 0.636. The summed E-state index contributed by atoms with van der Waals surface area (Å²) in [6, 6.07) is 6.57. The van der Waals surface area contributed by atoms with Crippen LogP contribution in [-0.2, 0) is 6.54 Å². The molecule has 2 nitrogen and oxygen atoms in total. The van der Waals surface area contributed by atoms with Crippen LogP contribution in [-0.4, -0.2) is 13.1 Å². The normalized spacial score (nSPS) is 21.0. The Labute approximate surface area is 92.1 Å². The average Bonchev–Trinajstić information content (AvgIpc) is 2.64. The van der Waals surface area contributed by atoms with Crippen molar-refractivity contribution in [2.75, 3.05) is 18.0 Å².